The summed E-state index contributed by atoms with van der Waals surface area (Å²) in [5, 5.41) is 12.4. The van der Waals surface area contributed by atoms with Crippen molar-refractivity contribution in [2.45, 2.75) is 71.2 Å². The molecular weight excluding hydrogens is 782 g/mol. The maximum Gasteiger partial charge on any atom is 0.395 e. The number of nitrogens with zero attached hydrogens (tertiary/aromatic N) is 3. The predicted molar refractivity (Wildman–Crippen MR) is 221 cm³/mol. The second-order valence-corrected chi connectivity index (χ2v) is 16.3. The molecule has 4 aromatic carbocycles. The van der Waals surface area contributed by atoms with Crippen LogP contribution in [0.4, 0.5) is 24.1 Å². The number of nitrogens with one attached hydrogen (secondary N) is 1. The molecule has 0 fully saturated rings. The fourth-order valence-electron chi connectivity index (χ4n) is 7.10. The number of ether oxygens (including phenoxy) is 2. The zero-order valence-corrected chi connectivity index (χ0v) is 33.5. The van der Waals surface area contributed by atoms with Gasteiger partial charge in [0.15, 0.2) is 10.8 Å². The number of anilines is 2. The zero-order valence-electron chi connectivity index (χ0n) is 32.7. The van der Waals surface area contributed by atoms with Crippen LogP contribution < -0.4 is 15.0 Å². The van der Waals surface area contributed by atoms with Gasteiger partial charge in [-0.25, -0.2) is 14.8 Å². The molecule has 304 valence electrons. The average molecular weight is 823 g/mol. The largest absolute Gasteiger partial charge is 0.481 e. The van der Waals surface area contributed by atoms with Gasteiger partial charge in [0.2, 0.25) is 0 Å². The van der Waals surface area contributed by atoms with E-state index in [1.54, 1.807) is 52.0 Å². The minimum absolute atomic E-state index is 0.0640. The van der Waals surface area contributed by atoms with Gasteiger partial charge in [0.25, 0.3) is 5.91 Å². The van der Waals surface area contributed by atoms with Crippen LogP contribution in [0.25, 0.3) is 21.3 Å². The number of para-hydroxylation sites is 1. The van der Waals surface area contributed by atoms with E-state index in [0.717, 1.165) is 21.3 Å². The first kappa shape index (κ1) is 40.9. The Labute approximate surface area is 342 Å². The van der Waals surface area contributed by atoms with Crippen molar-refractivity contribution in [2.75, 3.05) is 16.8 Å². The maximum atomic E-state index is 13.9. The molecule has 2 aromatic heterocycles. The summed E-state index contributed by atoms with van der Waals surface area (Å²) in [6.07, 6.45) is -5.17. The fourth-order valence-corrected chi connectivity index (χ4v) is 7.96. The van der Waals surface area contributed by atoms with Gasteiger partial charge in [0.1, 0.15) is 22.9 Å². The molecule has 0 aliphatic carbocycles. The van der Waals surface area contributed by atoms with Crippen molar-refractivity contribution in [1.29, 1.82) is 0 Å². The van der Waals surface area contributed by atoms with Crippen molar-refractivity contribution in [2.24, 2.45) is 0 Å². The van der Waals surface area contributed by atoms with E-state index in [2.05, 4.69) is 10.3 Å². The Bertz CT molecular complexity index is 2520. The Morgan fingerprint density at radius 1 is 0.898 bits per heavy atom. The number of amides is 1. The number of rotatable bonds is 11. The minimum Gasteiger partial charge on any atom is -0.481 e. The summed E-state index contributed by atoms with van der Waals surface area (Å²) in [4.78, 5) is 50.0. The van der Waals surface area contributed by atoms with Gasteiger partial charge in [-0.2, -0.15) is 13.2 Å². The summed E-state index contributed by atoms with van der Waals surface area (Å²) in [6.45, 7) is 8.06. The van der Waals surface area contributed by atoms with Crippen molar-refractivity contribution >= 4 is 50.3 Å². The van der Waals surface area contributed by atoms with Crippen LogP contribution in [0.1, 0.15) is 82.6 Å². The van der Waals surface area contributed by atoms with Crippen molar-refractivity contribution in [3.05, 3.63) is 131 Å². The fraction of sp³-hybridized carbons (Fsp3) is 0.267. The SMILES string of the molecule is Cc1c(Oc2ccc([C@H](CCC(=O)O)C(F)(F)F)cc2)cccc1-c1ccc(N2CCc3cccc(C(=O)Nc4nc5ccccc5s4)c3C2)nc1C(=O)OC(C)(C)C. The van der Waals surface area contributed by atoms with Crippen LogP contribution in [0, 0.1) is 6.92 Å². The normalized spacial score (nSPS) is 13.4. The molecule has 59 heavy (non-hydrogen) atoms. The van der Waals surface area contributed by atoms with Crippen LogP contribution >= 0.6 is 11.3 Å². The van der Waals surface area contributed by atoms with Crippen molar-refractivity contribution in [1.82, 2.24) is 9.97 Å². The van der Waals surface area contributed by atoms with Crippen molar-refractivity contribution < 1.29 is 42.1 Å². The molecule has 0 saturated heterocycles. The molecule has 1 amide bonds. The number of carbonyl (C=O) groups is 3. The number of hydrogen-bond donors (Lipinski definition) is 2. The van der Waals surface area contributed by atoms with Crippen LogP contribution in [0.3, 0.4) is 0 Å². The third-order valence-corrected chi connectivity index (χ3v) is 10.9. The molecule has 0 radical (unpaired) electrons. The van der Waals surface area contributed by atoms with Gasteiger partial charge in [-0.05, 0) is 117 Å². The van der Waals surface area contributed by atoms with Gasteiger partial charge < -0.3 is 19.5 Å². The standard InChI is InChI=1S/C45H41F3N4O6S/c1-26-30(10-8-13-36(26)57-29-17-15-28(16-18-29)34(45(46,47)48)20-22-39(53)54)31-19-21-38(50-40(31)42(56)58-44(2,3)4)52-24-23-27-9-7-11-32(33(27)25-52)41(55)51-43-49-35-12-5-6-14-37(35)59-43/h5-19,21,34H,20,22-25H2,1-4H3,(H,53,54)(H,49,51,55)/t34-/m0/s1. The van der Waals surface area contributed by atoms with Gasteiger partial charge in [-0.1, -0.05) is 59.9 Å². The number of carbonyl (C=O) groups excluding carboxylic acids is 2. The van der Waals surface area contributed by atoms with E-state index in [4.69, 9.17) is 19.6 Å². The van der Waals surface area contributed by atoms with E-state index in [0.29, 0.717) is 58.5 Å². The zero-order chi connectivity index (χ0) is 42.1. The quantitative estimate of drug-likeness (QED) is 0.123. The highest BCUT2D eigenvalue weighted by molar-refractivity contribution is 7.22. The number of carboxylic acids is 1. The second kappa shape index (κ2) is 16.5. The number of alkyl halides is 3. The van der Waals surface area contributed by atoms with Crippen LogP contribution in [-0.4, -0.2) is 51.2 Å². The predicted octanol–water partition coefficient (Wildman–Crippen LogP) is 10.7. The first-order valence-corrected chi connectivity index (χ1v) is 19.8. The molecule has 1 atom stereocenters. The van der Waals surface area contributed by atoms with Gasteiger partial charge in [-0.15, -0.1) is 0 Å². The molecule has 14 heteroatoms. The number of aliphatic carboxylic acids is 1. The number of thiazole rings is 1. The topological polar surface area (TPSA) is 131 Å². The molecule has 0 bridgehead atoms. The van der Waals surface area contributed by atoms with E-state index >= 15 is 0 Å². The highest BCUT2D eigenvalue weighted by Crippen LogP contribution is 2.40. The maximum absolute atomic E-state index is 13.9. The van der Waals surface area contributed by atoms with Gasteiger partial charge >= 0.3 is 18.1 Å². The average Bonchev–Trinajstić information content (AvgIpc) is 3.60. The molecule has 1 aliphatic rings. The number of pyridine rings is 1. The van der Waals surface area contributed by atoms with Crippen LogP contribution in [0.5, 0.6) is 11.5 Å². The van der Waals surface area contributed by atoms with E-state index in [-0.39, 0.29) is 22.9 Å². The van der Waals surface area contributed by atoms with E-state index in [1.165, 1.54) is 35.6 Å². The lowest BCUT2D eigenvalue weighted by molar-refractivity contribution is -0.154. The number of hydrogen-bond acceptors (Lipinski definition) is 9. The van der Waals surface area contributed by atoms with Crippen molar-refractivity contribution in [3.63, 3.8) is 0 Å². The summed E-state index contributed by atoms with van der Waals surface area (Å²) in [7, 11) is 0. The Balaban J connectivity index is 1.16. The van der Waals surface area contributed by atoms with Crippen molar-refractivity contribution in [3.8, 4) is 22.6 Å². The van der Waals surface area contributed by atoms with Crippen LogP contribution in [-0.2, 0) is 22.5 Å². The molecule has 0 spiro atoms. The Morgan fingerprint density at radius 2 is 1.64 bits per heavy atom. The molecule has 3 heterocycles. The highest BCUT2D eigenvalue weighted by atomic mass is 32.1. The molecule has 0 saturated carbocycles. The summed E-state index contributed by atoms with van der Waals surface area (Å²) >= 11 is 1.40. The van der Waals surface area contributed by atoms with E-state index < -0.39 is 42.5 Å². The second-order valence-electron chi connectivity index (χ2n) is 15.2. The lowest BCUT2D eigenvalue weighted by Crippen LogP contribution is -2.33. The van der Waals surface area contributed by atoms with Gasteiger partial charge in [0.05, 0.1) is 16.1 Å². The Morgan fingerprint density at radius 3 is 2.36 bits per heavy atom. The first-order valence-electron chi connectivity index (χ1n) is 19.0. The number of fused-ring (bicyclic) bond motifs is 2. The van der Waals surface area contributed by atoms with E-state index in [9.17, 15) is 27.6 Å². The Kier molecular flexibility index (Phi) is 11.5. The number of halogens is 3. The highest BCUT2D eigenvalue weighted by Gasteiger charge is 2.40. The molecule has 7 rings (SSSR count). The minimum atomic E-state index is -4.62. The molecular formula is C45H41F3N4O6S. The lowest BCUT2D eigenvalue weighted by atomic mass is 9.93. The lowest BCUT2D eigenvalue weighted by Gasteiger charge is -2.31. The monoisotopic (exact) mass is 822 g/mol. The van der Waals surface area contributed by atoms with Crippen LogP contribution in [0.15, 0.2) is 97.1 Å². The van der Waals surface area contributed by atoms with E-state index in [1.807, 2.05) is 53.4 Å². The molecule has 10 nitrogen and oxygen atoms in total. The smallest absolute Gasteiger partial charge is 0.395 e. The summed E-state index contributed by atoms with van der Waals surface area (Å²) < 4.78 is 54.3. The number of esters is 1. The number of carboxylic acid groups (broad SMARTS) is 1. The number of benzene rings is 4. The third kappa shape index (κ3) is 9.38. The number of aromatic nitrogens is 2. The third-order valence-electron chi connectivity index (χ3n) is 9.96. The molecule has 0 unspecified atom stereocenters. The molecule has 1 aliphatic heterocycles. The summed E-state index contributed by atoms with van der Waals surface area (Å²) in [5.41, 5.74) is 4.17. The van der Waals surface area contributed by atoms with Gasteiger partial charge in [-0.3, -0.25) is 14.9 Å². The van der Waals surface area contributed by atoms with Crippen LogP contribution in [0.2, 0.25) is 0 Å². The summed E-state index contributed by atoms with van der Waals surface area (Å²) in [5.74, 6) is -2.95. The molecule has 6 aromatic rings. The van der Waals surface area contributed by atoms with Gasteiger partial charge in [0, 0.05) is 30.6 Å². The Hall–Kier alpha value is -6.28. The summed E-state index contributed by atoms with van der Waals surface area (Å²) in [6, 6.07) is 27.7. The molecule has 2 N–H and O–H groups in total. The first-order chi connectivity index (χ1) is 28.0.